The second-order valence-electron chi connectivity index (χ2n) is 7.47. The average Bonchev–Trinajstić information content (AvgIpc) is 2.79. The van der Waals surface area contributed by atoms with E-state index in [1.54, 1.807) is 32.0 Å². The number of alkyl halides is 3. The molecule has 5 nitrogen and oxygen atoms in total. The topological polar surface area (TPSA) is 65.0 Å². The normalized spacial score (nSPS) is 12.0. The Morgan fingerprint density at radius 3 is 2.26 bits per heavy atom. The molecule has 1 N–H and O–H groups in total. The van der Waals surface area contributed by atoms with Crippen LogP contribution in [0.2, 0.25) is 0 Å². The van der Waals surface area contributed by atoms with Crippen LogP contribution in [-0.2, 0) is 40.1 Å². The Bertz CT molecular complexity index is 939. The Morgan fingerprint density at radius 1 is 1.09 bits per heavy atom. The minimum atomic E-state index is -4.43. The lowest BCUT2D eigenvalue weighted by Gasteiger charge is -2.18. The number of carbonyl (C=O) groups is 1. The summed E-state index contributed by atoms with van der Waals surface area (Å²) in [4.78, 5) is 11.5. The molecule has 0 aliphatic rings. The van der Waals surface area contributed by atoms with E-state index in [1.165, 1.54) is 19.3 Å². The third kappa shape index (κ3) is 8.83. The van der Waals surface area contributed by atoms with Gasteiger partial charge in [0.2, 0.25) is 0 Å². The minimum absolute atomic E-state index is 0.0705. The van der Waals surface area contributed by atoms with Crippen molar-refractivity contribution in [3.05, 3.63) is 70.8 Å². The zero-order valence-corrected chi connectivity index (χ0v) is 20.2. The van der Waals surface area contributed by atoms with E-state index in [4.69, 9.17) is 14.2 Å². The number of rotatable bonds is 11. The van der Waals surface area contributed by atoms with Crippen molar-refractivity contribution in [2.45, 2.75) is 65.7 Å². The van der Waals surface area contributed by atoms with E-state index >= 15 is 0 Å². The molecule has 0 aromatic heterocycles. The van der Waals surface area contributed by atoms with Gasteiger partial charge in [-0.1, -0.05) is 38.6 Å². The highest BCUT2D eigenvalue weighted by Crippen LogP contribution is 2.31. The number of methoxy groups -OCH3 is 1. The van der Waals surface area contributed by atoms with E-state index in [2.05, 4.69) is 6.58 Å². The van der Waals surface area contributed by atoms with Gasteiger partial charge in [-0.15, -0.1) is 0 Å². The number of carboxylic acid groups (broad SMARTS) is 1. The van der Waals surface area contributed by atoms with E-state index in [-0.39, 0.29) is 25.7 Å². The number of carboxylic acids is 1. The first-order valence-electron chi connectivity index (χ1n) is 11.0. The molecule has 8 heteroatoms. The Balaban J connectivity index is 0.00000281. The molecule has 0 spiro atoms. The molecule has 1 atom stereocenters. The fourth-order valence-corrected chi connectivity index (χ4v) is 3.17. The minimum Gasteiger partial charge on any atom is -0.496 e. The Hall–Kier alpha value is -2.84. The SMILES string of the molecule is C=Cc1cc(C(F)(F)F)ccc1COCc1cc(CC(OC(C)C)C(=O)O)ccc1OC.CC. The van der Waals surface area contributed by atoms with Gasteiger partial charge in [0.1, 0.15) is 5.75 Å². The van der Waals surface area contributed by atoms with Crippen molar-refractivity contribution in [3.63, 3.8) is 0 Å². The maximum absolute atomic E-state index is 12.9. The molecule has 34 heavy (non-hydrogen) atoms. The fraction of sp³-hybridized carbons (Fsp3) is 0.423. The number of hydrogen-bond acceptors (Lipinski definition) is 4. The molecule has 188 valence electrons. The molecule has 0 radical (unpaired) electrons. The third-order valence-corrected chi connectivity index (χ3v) is 4.69. The number of aliphatic carboxylic acids is 1. The van der Waals surface area contributed by atoms with Gasteiger partial charge in [0.25, 0.3) is 0 Å². The highest BCUT2D eigenvalue weighted by atomic mass is 19.4. The number of halogens is 3. The van der Waals surface area contributed by atoms with Crippen molar-refractivity contribution in [2.24, 2.45) is 0 Å². The molecule has 1 unspecified atom stereocenters. The summed E-state index contributed by atoms with van der Waals surface area (Å²) in [5, 5.41) is 9.39. The molecular weight excluding hydrogens is 449 g/mol. The molecule has 0 saturated heterocycles. The van der Waals surface area contributed by atoms with Crippen molar-refractivity contribution in [2.75, 3.05) is 7.11 Å². The summed E-state index contributed by atoms with van der Waals surface area (Å²) in [7, 11) is 1.51. The maximum Gasteiger partial charge on any atom is 0.416 e. The van der Waals surface area contributed by atoms with Gasteiger partial charge >= 0.3 is 12.1 Å². The molecule has 2 rings (SSSR count). The summed E-state index contributed by atoms with van der Waals surface area (Å²) in [6, 6.07) is 8.67. The molecule has 0 aliphatic heterocycles. The van der Waals surface area contributed by atoms with Gasteiger partial charge in [-0.05, 0) is 54.8 Å². The van der Waals surface area contributed by atoms with Crippen LogP contribution in [0.3, 0.4) is 0 Å². The second-order valence-corrected chi connectivity index (χ2v) is 7.47. The third-order valence-electron chi connectivity index (χ3n) is 4.69. The molecule has 0 aliphatic carbocycles. The van der Waals surface area contributed by atoms with E-state index in [9.17, 15) is 23.1 Å². The van der Waals surface area contributed by atoms with Crippen LogP contribution in [0, 0.1) is 0 Å². The predicted molar refractivity (Wildman–Crippen MR) is 126 cm³/mol. The lowest BCUT2D eigenvalue weighted by Crippen LogP contribution is -2.29. The zero-order valence-electron chi connectivity index (χ0n) is 20.2. The van der Waals surface area contributed by atoms with Crippen molar-refractivity contribution in [1.29, 1.82) is 0 Å². The lowest BCUT2D eigenvalue weighted by molar-refractivity contribution is -0.153. The summed E-state index contributed by atoms with van der Waals surface area (Å²) < 4.78 is 55.3. The van der Waals surface area contributed by atoms with E-state index < -0.39 is 23.8 Å². The summed E-state index contributed by atoms with van der Waals surface area (Å²) >= 11 is 0. The van der Waals surface area contributed by atoms with Gasteiger partial charge in [-0.3, -0.25) is 0 Å². The predicted octanol–water partition coefficient (Wildman–Crippen LogP) is 6.52. The van der Waals surface area contributed by atoms with Gasteiger partial charge in [0, 0.05) is 12.0 Å². The Kier molecular flexibility index (Phi) is 11.8. The Morgan fingerprint density at radius 2 is 1.74 bits per heavy atom. The van der Waals surface area contributed by atoms with E-state index in [0.717, 1.165) is 17.7 Å². The largest absolute Gasteiger partial charge is 0.496 e. The van der Waals surface area contributed by atoms with Crippen molar-refractivity contribution >= 4 is 12.0 Å². The first-order valence-corrected chi connectivity index (χ1v) is 11.0. The molecule has 2 aromatic rings. The number of ether oxygens (including phenoxy) is 3. The van der Waals surface area contributed by atoms with Crippen LogP contribution < -0.4 is 4.74 Å². The lowest BCUT2D eigenvalue weighted by atomic mass is 10.0. The smallest absolute Gasteiger partial charge is 0.416 e. The first-order chi connectivity index (χ1) is 16.0. The maximum atomic E-state index is 12.9. The van der Waals surface area contributed by atoms with Crippen LogP contribution >= 0.6 is 0 Å². The molecule has 0 bridgehead atoms. The van der Waals surface area contributed by atoms with Crippen LogP contribution in [0.25, 0.3) is 6.08 Å². The van der Waals surface area contributed by atoms with Gasteiger partial charge in [0.15, 0.2) is 6.10 Å². The van der Waals surface area contributed by atoms with Crippen molar-refractivity contribution in [1.82, 2.24) is 0 Å². The standard InChI is InChI=1S/C24H27F3O5.C2H6/c1-5-17-12-20(24(25,26)27)8-7-18(17)13-31-14-19-10-16(6-9-21(19)30-4)11-22(23(28)29)32-15(2)3;1-2/h5-10,12,15,22H,1,11,13-14H2,2-4H3,(H,28,29);1-2H3. The summed E-state index contributed by atoms with van der Waals surface area (Å²) in [5.74, 6) is -0.492. The highest BCUT2D eigenvalue weighted by Gasteiger charge is 2.30. The Labute approximate surface area is 199 Å². The van der Waals surface area contributed by atoms with Crippen LogP contribution in [0.1, 0.15) is 55.5 Å². The van der Waals surface area contributed by atoms with Gasteiger partial charge in [0.05, 0.1) is 32.0 Å². The second kappa shape index (κ2) is 13.8. The fourth-order valence-electron chi connectivity index (χ4n) is 3.17. The highest BCUT2D eigenvalue weighted by molar-refractivity contribution is 5.72. The summed E-state index contributed by atoms with van der Waals surface area (Å²) in [6.07, 6.45) is -4.13. The molecule has 0 heterocycles. The summed E-state index contributed by atoms with van der Waals surface area (Å²) in [5.41, 5.74) is 1.58. The molecule has 2 aromatic carbocycles. The van der Waals surface area contributed by atoms with Gasteiger partial charge in [-0.2, -0.15) is 13.2 Å². The molecule has 0 amide bonds. The summed E-state index contributed by atoms with van der Waals surface area (Å²) in [6.45, 7) is 11.3. The number of hydrogen-bond donors (Lipinski definition) is 1. The van der Waals surface area contributed by atoms with Crippen LogP contribution in [0.15, 0.2) is 43.0 Å². The van der Waals surface area contributed by atoms with Crippen LogP contribution in [0.4, 0.5) is 13.2 Å². The van der Waals surface area contributed by atoms with Gasteiger partial charge < -0.3 is 19.3 Å². The van der Waals surface area contributed by atoms with E-state index in [1.807, 2.05) is 13.8 Å². The van der Waals surface area contributed by atoms with E-state index in [0.29, 0.717) is 22.4 Å². The first kappa shape index (κ1) is 29.2. The van der Waals surface area contributed by atoms with Crippen molar-refractivity contribution in [3.8, 4) is 5.75 Å². The van der Waals surface area contributed by atoms with Gasteiger partial charge in [-0.25, -0.2) is 4.79 Å². The quantitative estimate of drug-likeness (QED) is 0.395. The zero-order chi connectivity index (χ0) is 25.9. The van der Waals surface area contributed by atoms with Crippen molar-refractivity contribution < 1.29 is 37.3 Å². The molecule has 0 saturated carbocycles. The molecule has 0 fully saturated rings. The number of benzene rings is 2. The monoisotopic (exact) mass is 482 g/mol. The average molecular weight is 483 g/mol. The molecular formula is C26H33F3O5. The van der Waals surface area contributed by atoms with Crippen LogP contribution in [0.5, 0.6) is 5.75 Å². The van der Waals surface area contributed by atoms with Crippen LogP contribution in [-0.4, -0.2) is 30.4 Å².